The Morgan fingerprint density at radius 2 is 1.05 bits per heavy atom. The number of phosphoric ester groups is 1. The van der Waals surface area contributed by atoms with Crippen molar-refractivity contribution < 1.29 is 47.8 Å². The fraction of sp³-hybridized carbons (Fsp3) is 0.651. The molecule has 0 radical (unpaired) electrons. The first kappa shape index (κ1) is 51.9. The molecule has 0 aliphatic rings. The maximum Gasteiger partial charge on any atom is 0.472 e. The highest BCUT2D eigenvalue weighted by atomic mass is 31.2. The van der Waals surface area contributed by atoms with Crippen LogP contribution < -0.4 is 5.32 Å². The Hall–Kier alpha value is -3.08. The molecule has 0 rings (SSSR count). The van der Waals surface area contributed by atoms with Crippen LogP contribution in [0, 0.1) is 0 Å². The van der Waals surface area contributed by atoms with Crippen LogP contribution in [0.5, 0.6) is 0 Å². The summed E-state index contributed by atoms with van der Waals surface area (Å²) < 4.78 is 26.7. The topological polar surface area (TPSA) is 169 Å². The maximum absolute atomic E-state index is 12.3. The first-order valence-corrected chi connectivity index (χ1v) is 22.0. The largest absolute Gasteiger partial charge is 0.480 e. The van der Waals surface area contributed by atoms with Gasteiger partial charge in [-0.2, -0.15) is 0 Å². The number of carbonyl (C=O) groups excluding carboxylic acids is 2. The van der Waals surface area contributed by atoms with Crippen LogP contribution in [0.1, 0.15) is 149 Å². The molecular weight excluding hydrogens is 721 g/mol. The third-order valence-electron chi connectivity index (χ3n) is 8.23. The normalized spacial score (nSPS) is 14.5. The van der Waals surface area contributed by atoms with Gasteiger partial charge in [-0.3, -0.25) is 18.6 Å². The van der Waals surface area contributed by atoms with Gasteiger partial charge in [0.2, 0.25) is 5.91 Å². The van der Waals surface area contributed by atoms with E-state index < -0.39 is 57.6 Å². The van der Waals surface area contributed by atoms with Crippen molar-refractivity contribution >= 4 is 25.7 Å². The molecule has 0 aliphatic carbocycles. The zero-order valence-corrected chi connectivity index (χ0v) is 34.6. The van der Waals surface area contributed by atoms with Crippen LogP contribution in [-0.4, -0.2) is 64.9 Å². The van der Waals surface area contributed by atoms with Gasteiger partial charge in [0.15, 0.2) is 6.04 Å². The average Bonchev–Trinajstić information content (AvgIpc) is 3.16. The molecule has 0 aromatic carbocycles. The summed E-state index contributed by atoms with van der Waals surface area (Å²) in [4.78, 5) is 45.8. The molecular formula is C43H72NO10P. The molecule has 4 N–H and O–H groups in total. The molecule has 0 heterocycles. The molecule has 0 aromatic rings. The number of carboxylic acids is 1. The van der Waals surface area contributed by atoms with Crippen molar-refractivity contribution in [1.82, 2.24) is 5.32 Å². The van der Waals surface area contributed by atoms with Gasteiger partial charge < -0.3 is 25.2 Å². The third kappa shape index (κ3) is 37.6. The van der Waals surface area contributed by atoms with Crippen molar-refractivity contribution in [3.63, 3.8) is 0 Å². The van der Waals surface area contributed by atoms with E-state index in [0.717, 1.165) is 83.5 Å². The van der Waals surface area contributed by atoms with Crippen molar-refractivity contribution in [2.75, 3.05) is 19.8 Å². The van der Waals surface area contributed by atoms with Gasteiger partial charge in [0, 0.05) is 12.8 Å². The highest BCUT2D eigenvalue weighted by Crippen LogP contribution is 2.43. The summed E-state index contributed by atoms with van der Waals surface area (Å²) in [6.07, 6.45) is 43.6. The standard InChI is InChI=1S/C43H72NO10P/c1-3-5-7-9-11-13-15-17-19-21-23-25-27-29-31-33-35-42(47)52-36-39(45)37-53-55(50,51)54-38-40(43(48)49)44-41(46)34-32-30-28-26-24-22-20-18-16-14-12-10-8-6-4-2/h6,8,12-15,18-21,24,26,39-40,45H,3-5,7,9-11,16-17,22-23,25,27-38H2,1-2H3,(H,44,46)(H,48,49)(H,50,51)/b8-6-,14-12-,15-13-,20-18-,21-19-,26-24-. The number of carboxylic acid groups (broad SMARTS) is 1. The number of hydrogen-bond donors (Lipinski definition) is 4. The van der Waals surface area contributed by atoms with Crippen LogP contribution >= 0.6 is 7.82 Å². The van der Waals surface area contributed by atoms with Gasteiger partial charge in [0.05, 0.1) is 13.2 Å². The summed E-state index contributed by atoms with van der Waals surface area (Å²) in [5.41, 5.74) is 0. The van der Waals surface area contributed by atoms with E-state index in [1.807, 2.05) is 6.08 Å². The molecule has 0 fully saturated rings. The van der Waals surface area contributed by atoms with Crippen LogP contribution in [-0.2, 0) is 32.7 Å². The van der Waals surface area contributed by atoms with Gasteiger partial charge in [-0.05, 0) is 83.5 Å². The molecule has 0 bridgehead atoms. The second-order valence-corrected chi connectivity index (χ2v) is 14.9. The number of aliphatic hydroxyl groups excluding tert-OH is 1. The highest BCUT2D eigenvalue weighted by Gasteiger charge is 2.28. The minimum Gasteiger partial charge on any atom is -0.480 e. The van der Waals surface area contributed by atoms with E-state index in [4.69, 9.17) is 13.8 Å². The molecule has 1 amide bonds. The quantitative estimate of drug-likeness (QED) is 0.0206. The van der Waals surface area contributed by atoms with E-state index in [2.05, 4.69) is 86.0 Å². The Morgan fingerprint density at radius 3 is 1.60 bits per heavy atom. The second kappa shape index (κ2) is 37.8. The van der Waals surface area contributed by atoms with E-state index in [1.54, 1.807) is 0 Å². The predicted octanol–water partition coefficient (Wildman–Crippen LogP) is 10.2. The number of carbonyl (C=O) groups is 3. The lowest BCUT2D eigenvalue weighted by atomic mass is 10.1. The lowest BCUT2D eigenvalue weighted by Gasteiger charge is -2.18. The van der Waals surface area contributed by atoms with Crippen molar-refractivity contribution in [3.8, 4) is 0 Å². The summed E-state index contributed by atoms with van der Waals surface area (Å²) >= 11 is 0. The molecule has 12 heteroatoms. The summed E-state index contributed by atoms with van der Waals surface area (Å²) in [7, 11) is -4.77. The van der Waals surface area contributed by atoms with Crippen LogP contribution in [0.4, 0.5) is 0 Å². The molecule has 3 unspecified atom stereocenters. The van der Waals surface area contributed by atoms with Crippen molar-refractivity contribution in [3.05, 3.63) is 72.9 Å². The first-order chi connectivity index (χ1) is 26.6. The van der Waals surface area contributed by atoms with Crippen molar-refractivity contribution in [1.29, 1.82) is 0 Å². The zero-order chi connectivity index (χ0) is 40.7. The summed E-state index contributed by atoms with van der Waals surface area (Å²) in [5, 5.41) is 21.7. The van der Waals surface area contributed by atoms with Gasteiger partial charge in [-0.1, -0.05) is 125 Å². The average molecular weight is 794 g/mol. The molecule has 3 atom stereocenters. The minimum absolute atomic E-state index is 0.0884. The van der Waals surface area contributed by atoms with Gasteiger partial charge in [0.25, 0.3) is 0 Å². The Labute approximate surface area is 331 Å². The number of esters is 1. The number of ether oxygens (including phenoxy) is 1. The van der Waals surface area contributed by atoms with Crippen LogP contribution in [0.2, 0.25) is 0 Å². The summed E-state index contributed by atoms with van der Waals surface area (Å²) in [5.74, 6) is -2.46. The molecule has 0 aliphatic heterocycles. The Morgan fingerprint density at radius 1 is 0.600 bits per heavy atom. The lowest BCUT2D eigenvalue weighted by molar-refractivity contribution is -0.147. The van der Waals surface area contributed by atoms with E-state index in [1.165, 1.54) is 25.7 Å². The van der Waals surface area contributed by atoms with Crippen LogP contribution in [0.25, 0.3) is 0 Å². The van der Waals surface area contributed by atoms with E-state index in [-0.39, 0.29) is 12.8 Å². The predicted molar refractivity (Wildman–Crippen MR) is 221 cm³/mol. The molecule has 55 heavy (non-hydrogen) atoms. The van der Waals surface area contributed by atoms with Gasteiger partial charge in [-0.25, -0.2) is 9.36 Å². The van der Waals surface area contributed by atoms with E-state index >= 15 is 0 Å². The van der Waals surface area contributed by atoms with Crippen molar-refractivity contribution in [2.45, 2.75) is 161 Å². The monoisotopic (exact) mass is 793 g/mol. The number of nitrogens with one attached hydrogen (secondary N) is 1. The number of allylic oxidation sites excluding steroid dienone is 12. The number of aliphatic hydroxyl groups is 1. The number of unbranched alkanes of at least 4 members (excludes halogenated alkanes) is 11. The van der Waals surface area contributed by atoms with Gasteiger partial charge in [-0.15, -0.1) is 0 Å². The Bertz CT molecular complexity index is 1210. The van der Waals surface area contributed by atoms with Crippen LogP contribution in [0.15, 0.2) is 72.9 Å². The van der Waals surface area contributed by atoms with Gasteiger partial charge >= 0.3 is 19.8 Å². The number of phosphoric acid groups is 1. The minimum atomic E-state index is -4.77. The fourth-order valence-electron chi connectivity index (χ4n) is 5.04. The molecule has 0 spiro atoms. The molecule has 0 saturated carbocycles. The molecule has 11 nitrogen and oxygen atoms in total. The summed E-state index contributed by atoms with van der Waals surface area (Å²) in [6, 6.07) is -1.57. The molecule has 0 saturated heterocycles. The molecule has 314 valence electrons. The fourth-order valence-corrected chi connectivity index (χ4v) is 5.81. The summed E-state index contributed by atoms with van der Waals surface area (Å²) in [6.45, 7) is 2.39. The number of aliphatic carboxylic acids is 1. The first-order valence-electron chi connectivity index (χ1n) is 20.5. The number of rotatable bonds is 37. The van der Waals surface area contributed by atoms with E-state index in [9.17, 15) is 34.1 Å². The highest BCUT2D eigenvalue weighted by molar-refractivity contribution is 7.47. The lowest BCUT2D eigenvalue weighted by Crippen LogP contribution is -2.43. The maximum atomic E-state index is 12.3. The van der Waals surface area contributed by atoms with E-state index in [0.29, 0.717) is 12.8 Å². The third-order valence-corrected chi connectivity index (χ3v) is 9.18. The number of hydrogen-bond acceptors (Lipinski definition) is 8. The SMILES string of the molecule is CC/C=C\C/C=C\C/C=C\C/C=C\CCCCC(=O)NC(COP(=O)(O)OCC(O)COC(=O)CCCCCCC/C=C\C/C=C\CCCCCC)C(=O)O. The van der Waals surface area contributed by atoms with Gasteiger partial charge in [0.1, 0.15) is 12.7 Å². The number of amides is 1. The Balaban J connectivity index is 4.02. The second-order valence-electron chi connectivity index (χ2n) is 13.4. The molecule has 0 aromatic heterocycles. The van der Waals surface area contributed by atoms with Crippen LogP contribution in [0.3, 0.4) is 0 Å². The zero-order valence-electron chi connectivity index (χ0n) is 33.7. The van der Waals surface area contributed by atoms with Crippen molar-refractivity contribution in [2.24, 2.45) is 0 Å². The Kier molecular flexibility index (Phi) is 35.7. The smallest absolute Gasteiger partial charge is 0.472 e.